The fraction of sp³-hybridized carbons (Fsp3) is 0.294. The van der Waals surface area contributed by atoms with Crippen LogP contribution in [-0.2, 0) is 16.6 Å². The zero-order chi connectivity index (χ0) is 16.2. The number of nitrogens with one attached hydrogen (secondary N) is 2. The molecule has 0 aliphatic rings. The highest BCUT2D eigenvalue weighted by molar-refractivity contribution is 7.89. The number of aryl methyl sites for hydroxylation is 1. The van der Waals surface area contributed by atoms with Gasteiger partial charge in [-0.3, -0.25) is 0 Å². The van der Waals surface area contributed by atoms with Crippen molar-refractivity contribution < 1.29 is 8.42 Å². The van der Waals surface area contributed by atoms with Gasteiger partial charge >= 0.3 is 0 Å². The van der Waals surface area contributed by atoms with Gasteiger partial charge in [0.2, 0.25) is 10.0 Å². The molecule has 118 valence electrons. The lowest BCUT2D eigenvalue weighted by Crippen LogP contribution is -2.21. The monoisotopic (exact) mass is 318 g/mol. The zero-order valence-corrected chi connectivity index (χ0v) is 13.9. The molecule has 0 aliphatic carbocycles. The number of benzene rings is 2. The summed E-state index contributed by atoms with van der Waals surface area (Å²) in [6.07, 6.45) is 0. The first-order valence-corrected chi connectivity index (χ1v) is 8.74. The van der Waals surface area contributed by atoms with Crippen molar-refractivity contribution in [2.45, 2.75) is 31.3 Å². The van der Waals surface area contributed by atoms with E-state index in [4.69, 9.17) is 0 Å². The van der Waals surface area contributed by atoms with Crippen molar-refractivity contribution in [3.63, 3.8) is 0 Å². The van der Waals surface area contributed by atoms with E-state index < -0.39 is 10.0 Å². The Morgan fingerprint density at radius 1 is 1.09 bits per heavy atom. The Bertz CT molecular complexity index is 742. The van der Waals surface area contributed by atoms with Crippen LogP contribution in [0.15, 0.2) is 53.4 Å². The molecule has 0 amide bonds. The average Bonchev–Trinajstić information content (AvgIpc) is 2.54. The lowest BCUT2D eigenvalue weighted by atomic mass is 10.1. The molecule has 5 heteroatoms. The molecule has 0 aliphatic heterocycles. The van der Waals surface area contributed by atoms with Crippen LogP contribution in [0.4, 0.5) is 0 Å². The summed E-state index contributed by atoms with van der Waals surface area (Å²) in [6, 6.07) is 15.3. The summed E-state index contributed by atoms with van der Waals surface area (Å²) in [5.74, 6) is 0. The lowest BCUT2D eigenvalue weighted by Gasteiger charge is -2.16. The first-order valence-electron chi connectivity index (χ1n) is 7.25. The van der Waals surface area contributed by atoms with Crippen LogP contribution in [0.5, 0.6) is 0 Å². The number of hydrogen-bond acceptors (Lipinski definition) is 3. The third-order valence-corrected chi connectivity index (χ3v) is 5.21. The molecule has 0 aromatic heterocycles. The van der Waals surface area contributed by atoms with Gasteiger partial charge in [-0.2, -0.15) is 0 Å². The van der Waals surface area contributed by atoms with Gasteiger partial charge in [-0.25, -0.2) is 13.1 Å². The van der Waals surface area contributed by atoms with E-state index in [1.165, 1.54) is 18.2 Å². The molecule has 2 aromatic carbocycles. The molecule has 22 heavy (non-hydrogen) atoms. The molecule has 0 fully saturated rings. The molecular formula is C17H22N2O2S. The normalized spacial score (nSPS) is 13.0. The second-order valence-electron chi connectivity index (χ2n) is 5.31. The third kappa shape index (κ3) is 3.94. The molecule has 0 spiro atoms. The van der Waals surface area contributed by atoms with Gasteiger partial charge in [0.25, 0.3) is 0 Å². The molecule has 2 aromatic rings. The Morgan fingerprint density at radius 3 is 2.50 bits per heavy atom. The summed E-state index contributed by atoms with van der Waals surface area (Å²) in [4.78, 5) is 0.289. The van der Waals surface area contributed by atoms with Crippen LogP contribution in [-0.4, -0.2) is 15.5 Å². The Balaban J connectivity index is 2.12. The van der Waals surface area contributed by atoms with E-state index in [-0.39, 0.29) is 10.9 Å². The molecule has 0 heterocycles. The van der Waals surface area contributed by atoms with Crippen molar-refractivity contribution in [2.24, 2.45) is 0 Å². The van der Waals surface area contributed by atoms with E-state index in [1.807, 2.05) is 25.1 Å². The Kier molecular flexibility index (Phi) is 5.34. The van der Waals surface area contributed by atoms with Gasteiger partial charge < -0.3 is 5.32 Å². The van der Waals surface area contributed by atoms with Crippen LogP contribution in [0, 0.1) is 6.92 Å². The smallest absolute Gasteiger partial charge is 0.240 e. The zero-order valence-electron chi connectivity index (χ0n) is 13.1. The topological polar surface area (TPSA) is 58.2 Å². The van der Waals surface area contributed by atoms with Crippen LogP contribution in [0.2, 0.25) is 0 Å². The van der Waals surface area contributed by atoms with Gasteiger partial charge in [0, 0.05) is 12.6 Å². The van der Waals surface area contributed by atoms with E-state index in [9.17, 15) is 8.42 Å². The number of sulfonamides is 1. The van der Waals surface area contributed by atoms with Crippen molar-refractivity contribution in [1.29, 1.82) is 0 Å². The maximum Gasteiger partial charge on any atom is 0.240 e. The van der Waals surface area contributed by atoms with Gasteiger partial charge in [-0.1, -0.05) is 36.4 Å². The fourth-order valence-corrected chi connectivity index (χ4v) is 3.04. The molecule has 2 N–H and O–H groups in total. The van der Waals surface area contributed by atoms with Gasteiger partial charge in [-0.15, -0.1) is 0 Å². The standard InChI is InChI=1S/C17H22N2O2S/c1-13-7-4-5-8-16(13)12-19-14(2)15-9-6-10-17(11-15)22(20,21)18-3/h4-11,14,18-19H,12H2,1-3H3. The van der Waals surface area contributed by atoms with E-state index in [0.717, 1.165) is 12.1 Å². The van der Waals surface area contributed by atoms with E-state index >= 15 is 0 Å². The Hall–Kier alpha value is -1.69. The highest BCUT2D eigenvalue weighted by Gasteiger charge is 2.13. The molecule has 0 radical (unpaired) electrons. The van der Waals surface area contributed by atoms with Gasteiger partial charge in [0.05, 0.1) is 4.90 Å². The van der Waals surface area contributed by atoms with E-state index in [1.54, 1.807) is 18.2 Å². The summed E-state index contributed by atoms with van der Waals surface area (Å²) < 4.78 is 26.1. The minimum Gasteiger partial charge on any atom is -0.306 e. The molecule has 4 nitrogen and oxygen atoms in total. The lowest BCUT2D eigenvalue weighted by molar-refractivity contribution is 0.570. The molecular weight excluding hydrogens is 296 g/mol. The molecule has 0 saturated carbocycles. The molecule has 0 saturated heterocycles. The van der Waals surface area contributed by atoms with Gasteiger partial charge in [-0.05, 0) is 49.7 Å². The van der Waals surface area contributed by atoms with Crippen molar-refractivity contribution in [3.8, 4) is 0 Å². The number of rotatable bonds is 6. The summed E-state index contributed by atoms with van der Waals surface area (Å²) in [7, 11) is -1.99. The quantitative estimate of drug-likeness (QED) is 0.861. The minimum atomic E-state index is -3.41. The maximum atomic E-state index is 11.9. The fourth-order valence-electron chi connectivity index (χ4n) is 2.26. The largest absolute Gasteiger partial charge is 0.306 e. The van der Waals surface area contributed by atoms with Crippen molar-refractivity contribution >= 4 is 10.0 Å². The van der Waals surface area contributed by atoms with Crippen LogP contribution in [0.25, 0.3) is 0 Å². The number of hydrogen-bond donors (Lipinski definition) is 2. The van der Waals surface area contributed by atoms with Crippen molar-refractivity contribution in [3.05, 3.63) is 65.2 Å². The molecule has 1 atom stereocenters. The Labute approximate surface area is 132 Å². The highest BCUT2D eigenvalue weighted by Crippen LogP contribution is 2.18. The summed E-state index contributed by atoms with van der Waals surface area (Å²) >= 11 is 0. The molecule has 1 unspecified atom stereocenters. The second-order valence-corrected chi connectivity index (χ2v) is 7.20. The first-order chi connectivity index (χ1) is 10.4. The van der Waals surface area contributed by atoms with Crippen LogP contribution in [0.3, 0.4) is 0 Å². The van der Waals surface area contributed by atoms with E-state index in [2.05, 4.69) is 29.1 Å². The third-order valence-electron chi connectivity index (χ3n) is 3.80. The predicted molar refractivity (Wildman–Crippen MR) is 89.1 cm³/mol. The van der Waals surface area contributed by atoms with Crippen LogP contribution >= 0.6 is 0 Å². The van der Waals surface area contributed by atoms with Crippen molar-refractivity contribution in [2.75, 3.05) is 7.05 Å². The van der Waals surface area contributed by atoms with E-state index in [0.29, 0.717) is 0 Å². The summed E-state index contributed by atoms with van der Waals surface area (Å²) in [6.45, 7) is 4.86. The molecule has 2 rings (SSSR count). The van der Waals surface area contributed by atoms with Gasteiger partial charge in [0.15, 0.2) is 0 Å². The van der Waals surface area contributed by atoms with Crippen LogP contribution < -0.4 is 10.0 Å². The van der Waals surface area contributed by atoms with Gasteiger partial charge in [0.1, 0.15) is 0 Å². The van der Waals surface area contributed by atoms with Crippen LogP contribution in [0.1, 0.15) is 29.7 Å². The second kappa shape index (κ2) is 7.05. The van der Waals surface area contributed by atoms with Crippen molar-refractivity contribution in [1.82, 2.24) is 10.0 Å². The Morgan fingerprint density at radius 2 is 1.82 bits per heavy atom. The first kappa shape index (κ1) is 16.7. The summed E-state index contributed by atoms with van der Waals surface area (Å²) in [5.41, 5.74) is 3.44. The predicted octanol–water partition coefficient (Wildman–Crippen LogP) is 2.75. The highest BCUT2D eigenvalue weighted by atomic mass is 32.2. The summed E-state index contributed by atoms with van der Waals surface area (Å²) in [5, 5.41) is 3.44. The minimum absolute atomic E-state index is 0.0617. The maximum absolute atomic E-state index is 11.9. The molecule has 0 bridgehead atoms. The SMILES string of the molecule is CNS(=O)(=O)c1cccc(C(C)NCc2ccccc2C)c1. The average molecular weight is 318 g/mol.